The van der Waals surface area contributed by atoms with Gasteiger partial charge in [-0.3, -0.25) is 9.59 Å². The lowest BCUT2D eigenvalue weighted by molar-refractivity contribution is -0.154. The van der Waals surface area contributed by atoms with Gasteiger partial charge in [0.1, 0.15) is 0 Å². The van der Waals surface area contributed by atoms with E-state index < -0.39 is 6.10 Å². The van der Waals surface area contributed by atoms with Gasteiger partial charge in [0.25, 0.3) is 0 Å². The molecule has 13 heavy (non-hydrogen) atoms. The first kappa shape index (κ1) is 8.73. The highest BCUT2D eigenvalue weighted by Gasteiger charge is 2.37. The van der Waals surface area contributed by atoms with E-state index >= 15 is 0 Å². The Bertz CT molecular complexity index is 247. The van der Waals surface area contributed by atoms with Crippen LogP contribution < -0.4 is 0 Å². The average molecular weight is 182 g/mol. The molecule has 0 amide bonds. The Labute approximate surface area is 77.4 Å². The molecule has 2 bridgehead atoms. The second-order valence-electron chi connectivity index (χ2n) is 4.20. The van der Waals surface area contributed by atoms with E-state index in [1.165, 1.54) is 0 Å². The maximum Gasteiger partial charge on any atom is 0.309 e. The van der Waals surface area contributed by atoms with E-state index in [4.69, 9.17) is 4.74 Å². The van der Waals surface area contributed by atoms with Crippen molar-refractivity contribution in [1.29, 1.82) is 0 Å². The summed E-state index contributed by atoms with van der Waals surface area (Å²) in [5.74, 6) is 0.375. The Hall–Kier alpha value is -0.860. The molecule has 0 spiro atoms. The van der Waals surface area contributed by atoms with Gasteiger partial charge in [0.2, 0.25) is 0 Å². The lowest BCUT2D eigenvalue weighted by atomic mass is 9.85. The van der Waals surface area contributed by atoms with E-state index in [1.54, 1.807) is 0 Å². The number of ether oxygens (including phenoxy) is 1. The van der Waals surface area contributed by atoms with Crippen molar-refractivity contribution in [2.24, 2.45) is 11.8 Å². The van der Waals surface area contributed by atoms with Crippen LogP contribution >= 0.6 is 0 Å². The zero-order chi connectivity index (χ0) is 9.42. The molecule has 3 heteroatoms. The Balaban J connectivity index is 2.25. The number of rotatable bonds is 0. The molecule has 2 aliphatic heterocycles. The second-order valence-corrected chi connectivity index (χ2v) is 4.20. The third-order valence-corrected chi connectivity index (χ3v) is 2.99. The van der Waals surface area contributed by atoms with Crippen molar-refractivity contribution in [3.8, 4) is 0 Å². The SMILES string of the molecule is CC1CC2CCC(=O)C(C1)OC2=O. The zero-order valence-corrected chi connectivity index (χ0v) is 7.79. The Morgan fingerprint density at radius 2 is 2.08 bits per heavy atom. The maximum atomic E-state index is 11.4. The first-order chi connectivity index (χ1) is 6.16. The molecule has 2 saturated heterocycles. The van der Waals surface area contributed by atoms with Gasteiger partial charge in [-0.05, 0) is 25.2 Å². The monoisotopic (exact) mass is 182 g/mol. The van der Waals surface area contributed by atoms with Crippen molar-refractivity contribution in [2.45, 2.75) is 38.7 Å². The number of carbonyl (C=O) groups is 2. The number of carbonyl (C=O) groups excluding carboxylic acids is 2. The van der Waals surface area contributed by atoms with Crippen LogP contribution in [0.3, 0.4) is 0 Å². The summed E-state index contributed by atoms with van der Waals surface area (Å²) in [6.07, 6.45) is 2.39. The Morgan fingerprint density at radius 1 is 1.31 bits per heavy atom. The van der Waals surface area contributed by atoms with E-state index in [2.05, 4.69) is 6.92 Å². The molecule has 2 rings (SSSR count). The van der Waals surface area contributed by atoms with E-state index in [0.717, 1.165) is 12.8 Å². The van der Waals surface area contributed by atoms with E-state index in [1.807, 2.05) is 0 Å². The zero-order valence-electron chi connectivity index (χ0n) is 7.79. The molecule has 0 radical (unpaired) electrons. The van der Waals surface area contributed by atoms with Gasteiger partial charge in [0.05, 0.1) is 5.92 Å². The number of ketones is 1. The van der Waals surface area contributed by atoms with Crippen LogP contribution in [0.25, 0.3) is 0 Å². The third-order valence-electron chi connectivity index (χ3n) is 2.99. The van der Waals surface area contributed by atoms with Crippen LogP contribution in [0, 0.1) is 11.8 Å². The quantitative estimate of drug-likeness (QED) is 0.530. The molecule has 3 atom stereocenters. The van der Waals surface area contributed by atoms with Crippen molar-refractivity contribution in [1.82, 2.24) is 0 Å². The van der Waals surface area contributed by atoms with Gasteiger partial charge in [-0.25, -0.2) is 0 Å². The molecule has 0 aromatic heterocycles. The predicted octanol–water partition coefficient (Wildman–Crippen LogP) is 1.31. The molecule has 2 aliphatic rings. The number of fused-ring (bicyclic) bond motifs is 3. The summed E-state index contributed by atoms with van der Waals surface area (Å²) in [5, 5.41) is 0. The van der Waals surface area contributed by atoms with Gasteiger partial charge in [-0.1, -0.05) is 6.92 Å². The fraction of sp³-hybridized carbons (Fsp3) is 0.800. The minimum Gasteiger partial charge on any atom is -0.454 e. The summed E-state index contributed by atoms with van der Waals surface area (Å²) in [6, 6.07) is 0. The van der Waals surface area contributed by atoms with Gasteiger partial charge in [0, 0.05) is 6.42 Å². The molecule has 72 valence electrons. The Kier molecular flexibility index (Phi) is 2.10. The maximum absolute atomic E-state index is 11.4. The largest absolute Gasteiger partial charge is 0.454 e. The first-order valence-electron chi connectivity index (χ1n) is 4.90. The number of Topliss-reactive ketones (excluding diaryl/α,β-unsaturated/α-hetero) is 1. The molecular formula is C10H14O3. The van der Waals surface area contributed by atoms with Crippen molar-refractivity contribution in [3.05, 3.63) is 0 Å². The highest BCUT2D eigenvalue weighted by molar-refractivity contribution is 5.88. The molecular weight excluding hydrogens is 168 g/mol. The minimum absolute atomic E-state index is 0.0218. The van der Waals surface area contributed by atoms with Crippen LogP contribution in [0.2, 0.25) is 0 Å². The molecule has 0 aromatic carbocycles. The van der Waals surface area contributed by atoms with Crippen molar-refractivity contribution < 1.29 is 14.3 Å². The summed E-state index contributed by atoms with van der Waals surface area (Å²) in [6.45, 7) is 2.08. The molecule has 3 unspecified atom stereocenters. The molecule has 0 aliphatic carbocycles. The number of hydrogen-bond acceptors (Lipinski definition) is 3. The van der Waals surface area contributed by atoms with E-state index in [9.17, 15) is 9.59 Å². The fourth-order valence-corrected chi connectivity index (χ4v) is 2.24. The van der Waals surface area contributed by atoms with Gasteiger partial charge in [-0.2, -0.15) is 0 Å². The van der Waals surface area contributed by atoms with Crippen molar-refractivity contribution in [3.63, 3.8) is 0 Å². The average Bonchev–Trinajstić information content (AvgIpc) is 2.27. The number of hydrogen-bond donors (Lipinski definition) is 0. The van der Waals surface area contributed by atoms with Gasteiger partial charge >= 0.3 is 5.97 Å². The summed E-state index contributed by atoms with van der Waals surface area (Å²) < 4.78 is 5.13. The summed E-state index contributed by atoms with van der Waals surface area (Å²) >= 11 is 0. The van der Waals surface area contributed by atoms with E-state index in [0.29, 0.717) is 18.8 Å². The lowest BCUT2D eigenvalue weighted by Crippen LogP contribution is -2.24. The topological polar surface area (TPSA) is 43.4 Å². The van der Waals surface area contributed by atoms with Crippen LogP contribution in [0.15, 0.2) is 0 Å². The summed E-state index contributed by atoms with van der Waals surface area (Å²) in [5.41, 5.74) is 0. The Morgan fingerprint density at radius 3 is 2.85 bits per heavy atom. The molecule has 0 aromatic rings. The highest BCUT2D eigenvalue weighted by Crippen LogP contribution is 2.32. The van der Waals surface area contributed by atoms with Crippen LogP contribution in [0.5, 0.6) is 0 Å². The predicted molar refractivity (Wildman–Crippen MR) is 46.0 cm³/mol. The molecule has 3 nitrogen and oxygen atoms in total. The van der Waals surface area contributed by atoms with Crippen LogP contribution in [-0.4, -0.2) is 17.9 Å². The standard InChI is InChI=1S/C10H14O3/c1-6-4-7-2-3-8(11)9(5-6)13-10(7)12/h6-7,9H,2-5H2,1H3. The van der Waals surface area contributed by atoms with Crippen LogP contribution in [-0.2, 0) is 14.3 Å². The van der Waals surface area contributed by atoms with Crippen LogP contribution in [0.1, 0.15) is 32.6 Å². The fourth-order valence-electron chi connectivity index (χ4n) is 2.24. The molecule has 0 saturated carbocycles. The molecule has 0 N–H and O–H groups in total. The van der Waals surface area contributed by atoms with Crippen molar-refractivity contribution >= 4 is 11.8 Å². The lowest BCUT2D eigenvalue weighted by Gasteiger charge is -2.16. The van der Waals surface area contributed by atoms with Gasteiger partial charge in [-0.15, -0.1) is 0 Å². The van der Waals surface area contributed by atoms with Crippen LogP contribution in [0.4, 0.5) is 0 Å². The smallest absolute Gasteiger partial charge is 0.309 e. The van der Waals surface area contributed by atoms with Gasteiger partial charge in [0.15, 0.2) is 11.9 Å². The van der Waals surface area contributed by atoms with Gasteiger partial charge < -0.3 is 4.74 Å². The van der Waals surface area contributed by atoms with E-state index in [-0.39, 0.29) is 17.7 Å². The molecule has 2 heterocycles. The summed E-state index contributed by atoms with van der Waals surface area (Å²) in [7, 11) is 0. The highest BCUT2D eigenvalue weighted by atomic mass is 16.5. The summed E-state index contributed by atoms with van der Waals surface area (Å²) in [4.78, 5) is 22.9. The molecule has 2 fully saturated rings. The number of esters is 1. The first-order valence-corrected chi connectivity index (χ1v) is 4.90. The normalized spacial score (nSPS) is 39.6. The van der Waals surface area contributed by atoms with Crippen molar-refractivity contribution in [2.75, 3.05) is 0 Å². The minimum atomic E-state index is -0.435. The third kappa shape index (κ3) is 1.60. The second kappa shape index (κ2) is 3.13.